The summed E-state index contributed by atoms with van der Waals surface area (Å²) in [5.74, 6) is -4.10. The van der Waals surface area contributed by atoms with Gasteiger partial charge in [-0.15, -0.1) is 39.5 Å². The van der Waals surface area contributed by atoms with Gasteiger partial charge in [-0.2, -0.15) is 0 Å². The minimum absolute atomic E-state index is 0.0511. The highest BCUT2D eigenvalue weighted by Crippen LogP contribution is 2.35. The van der Waals surface area contributed by atoms with Crippen LogP contribution in [0.15, 0.2) is 94.2 Å². The lowest BCUT2D eigenvalue weighted by Gasteiger charge is -2.21. The van der Waals surface area contributed by atoms with Gasteiger partial charge in [0.2, 0.25) is 0 Å². The van der Waals surface area contributed by atoms with Crippen LogP contribution in [-0.2, 0) is 4.79 Å². The number of rotatable bonds is 7. The van der Waals surface area contributed by atoms with E-state index in [-0.39, 0.29) is 24.2 Å². The van der Waals surface area contributed by atoms with Crippen LogP contribution in [-0.4, -0.2) is 28.5 Å². The number of nitrogens with zero attached hydrogens (tertiary/aromatic N) is 1. The van der Waals surface area contributed by atoms with Crippen LogP contribution in [0.3, 0.4) is 0 Å². The molecule has 0 aliphatic rings. The number of pyridine rings is 1. The van der Waals surface area contributed by atoms with Crippen molar-refractivity contribution in [3.05, 3.63) is 140 Å². The number of hydrogen-bond acceptors (Lipinski definition) is 3. The van der Waals surface area contributed by atoms with Crippen LogP contribution in [0.5, 0.6) is 0 Å². The van der Waals surface area contributed by atoms with E-state index in [4.69, 9.17) is 5.11 Å². The minimum Gasteiger partial charge on any atom is -0.481 e. The van der Waals surface area contributed by atoms with E-state index in [1.807, 2.05) is 0 Å². The van der Waals surface area contributed by atoms with E-state index in [1.54, 1.807) is 6.92 Å². The molecule has 1 amide bonds. The van der Waals surface area contributed by atoms with Crippen LogP contribution in [0.25, 0.3) is 0 Å². The van der Waals surface area contributed by atoms with E-state index in [2.05, 4.69) is 49.8 Å². The van der Waals surface area contributed by atoms with Gasteiger partial charge < -0.3 is 10.4 Å². The van der Waals surface area contributed by atoms with Gasteiger partial charge in [0.05, 0.1) is 6.42 Å². The molecule has 2 aromatic carbocycles. The maximum Gasteiger partial charge on any atom is 0.305 e. The van der Waals surface area contributed by atoms with Gasteiger partial charge in [-0.1, -0.05) is 12.1 Å². The summed E-state index contributed by atoms with van der Waals surface area (Å²) in [4.78, 5) is 26.9. The molecule has 196 valence electrons. The lowest BCUT2D eigenvalue weighted by atomic mass is 9.83. The van der Waals surface area contributed by atoms with Gasteiger partial charge in [0.25, 0.3) is 5.91 Å². The normalized spacial score (nSPS) is 10.2. The smallest absolute Gasteiger partial charge is 0.305 e. The van der Waals surface area contributed by atoms with Gasteiger partial charge in [0.1, 0.15) is 23.1 Å². The van der Waals surface area contributed by atoms with Crippen LogP contribution < -0.4 is 5.32 Å². The first-order valence-electron chi connectivity index (χ1n) is 10.9. The third kappa shape index (κ3) is 9.60. The molecular formula is C29H31F3N2O3. The van der Waals surface area contributed by atoms with Crippen molar-refractivity contribution in [1.82, 2.24) is 10.3 Å². The Balaban J connectivity index is 0.00000201. The van der Waals surface area contributed by atoms with Crippen LogP contribution in [0.2, 0.25) is 0 Å². The van der Waals surface area contributed by atoms with E-state index in [1.165, 1.54) is 36.5 Å². The maximum absolute atomic E-state index is 14.6. The number of carbonyl (C=O) groups is 2. The number of carboxylic acid groups (broad SMARTS) is 1. The lowest BCUT2D eigenvalue weighted by molar-refractivity contribution is -0.136. The van der Waals surface area contributed by atoms with Crippen LogP contribution in [0.1, 0.15) is 45.1 Å². The molecule has 0 aliphatic carbocycles. The van der Waals surface area contributed by atoms with Crippen molar-refractivity contribution in [3.63, 3.8) is 0 Å². The fourth-order valence-corrected chi connectivity index (χ4v) is 3.28. The molecule has 0 aliphatic heterocycles. The van der Waals surface area contributed by atoms with Crippen LogP contribution in [0, 0.1) is 24.4 Å². The summed E-state index contributed by atoms with van der Waals surface area (Å²) in [5, 5.41) is 11.1. The molecule has 2 N–H and O–H groups in total. The van der Waals surface area contributed by atoms with Crippen molar-refractivity contribution in [2.45, 2.75) is 19.3 Å². The molecule has 1 aromatic heterocycles. The minimum atomic E-state index is -1.04. The number of carbonyl (C=O) groups excluding carboxylic acids is 1. The zero-order valence-electron chi connectivity index (χ0n) is 20.8. The Morgan fingerprint density at radius 2 is 1.46 bits per heavy atom. The number of aliphatic carboxylic acids is 1. The van der Waals surface area contributed by atoms with Gasteiger partial charge in [0.15, 0.2) is 0 Å². The molecule has 0 saturated heterocycles. The molecule has 1 heterocycles. The number of hydrogen-bond donors (Lipinski definition) is 2. The average Bonchev–Trinajstić information content (AvgIpc) is 2.91. The first-order valence-corrected chi connectivity index (χ1v) is 10.9. The monoisotopic (exact) mass is 512 g/mol. The van der Waals surface area contributed by atoms with Crippen LogP contribution >= 0.6 is 0 Å². The number of carboxylic acids is 1. The second-order valence-electron chi connectivity index (χ2n) is 6.98. The van der Waals surface area contributed by atoms with Crippen molar-refractivity contribution in [1.29, 1.82) is 0 Å². The van der Waals surface area contributed by atoms with Gasteiger partial charge in [-0.05, 0) is 60.0 Å². The fourth-order valence-electron chi connectivity index (χ4n) is 3.28. The quantitative estimate of drug-likeness (QED) is 0.350. The molecule has 0 fully saturated rings. The molecule has 3 aromatic rings. The summed E-state index contributed by atoms with van der Waals surface area (Å²) in [6, 6.07) is 10.0. The first-order chi connectivity index (χ1) is 17.8. The summed E-state index contributed by atoms with van der Waals surface area (Å²) in [6.45, 7) is 19.6. The summed E-state index contributed by atoms with van der Waals surface area (Å²) >= 11 is 0. The van der Waals surface area contributed by atoms with E-state index in [9.17, 15) is 22.8 Å². The third-order valence-electron chi connectivity index (χ3n) is 4.79. The summed E-state index contributed by atoms with van der Waals surface area (Å²) < 4.78 is 42.0. The second kappa shape index (κ2) is 17.0. The molecule has 0 radical (unpaired) electrons. The number of aryl methyl sites for hydroxylation is 1. The number of aromatic nitrogens is 1. The van der Waals surface area contributed by atoms with E-state index < -0.39 is 35.2 Å². The number of amides is 1. The standard InChI is InChI=1S/C23H19F3N2O3.3C2H4/c1-13-10-20(23(31)27-9-8-21(29)30)28-12-18(13)22(14-2-4-15(24)5-3-14)17-11-16(25)6-7-19(17)26;3*1-2/h2-7,10-12,22H,8-9H2,1H3,(H,27,31)(H,29,30);3*1-2H2. The molecule has 3 rings (SSSR count). The van der Waals surface area contributed by atoms with Gasteiger partial charge in [0, 0.05) is 24.2 Å². The Bertz CT molecular complexity index is 1160. The fraction of sp³-hybridized carbons (Fsp3) is 0.138. The predicted molar refractivity (Wildman–Crippen MR) is 141 cm³/mol. The number of halogens is 3. The van der Waals surface area contributed by atoms with E-state index in [0.29, 0.717) is 16.7 Å². The van der Waals surface area contributed by atoms with Crippen molar-refractivity contribution in [2.24, 2.45) is 0 Å². The van der Waals surface area contributed by atoms with Crippen LogP contribution in [0.4, 0.5) is 13.2 Å². The first kappa shape index (κ1) is 32.5. The Morgan fingerprint density at radius 3 is 2.00 bits per heavy atom. The third-order valence-corrected chi connectivity index (χ3v) is 4.79. The largest absolute Gasteiger partial charge is 0.481 e. The molecule has 0 saturated carbocycles. The molecule has 0 bridgehead atoms. The Hall–Kier alpha value is -4.46. The number of nitrogens with one attached hydrogen (secondary N) is 1. The second-order valence-corrected chi connectivity index (χ2v) is 6.98. The summed E-state index contributed by atoms with van der Waals surface area (Å²) in [6.07, 6.45) is 1.16. The van der Waals surface area contributed by atoms with Crippen molar-refractivity contribution in [3.8, 4) is 0 Å². The summed E-state index contributed by atoms with van der Waals surface area (Å²) in [7, 11) is 0. The van der Waals surface area contributed by atoms with Gasteiger partial charge in [-0.25, -0.2) is 13.2 Å². The van der Waals surface area contributed by atoms with Crippen molar-refractivity contribution < 1.29 is 27.9 Å². The molecule has 1 atom stereocenters. The van der Waals surface area contributed by atoms with Crippen molar-refractivity contribution >= 4 is 11.9 Å². The van der Waals surface area contributed by atoms with Gasteiger partial charge >= 0.3 is 5.97 Å². The Labute approximate surface area is 215 Å². The molecule has 37 heavy (non-hydrogen) atoms. The highest BCUT2D eigenvalue weighted by molar-refractivity contribution is 5.92. The predicted octanol–water partition coefficient (Wildman–Crippen LogP) is 6.60. The van der Waals surface area contributed by atoms with Gasteiger partial charge in [-0.3, -0.25) is 14.6 Å². The zero-order chi connectivity index (χ0) is 28.5. The summed E-state index contributed by atoms with van der Waals surface area (Å²) in [5.41, 5.74) is 1.73. The topological polar surface area (TPSA) is 79.3 Å². The number of benzene rings is 2. The molecular weight excluding hydrogens is 481 g/mol. The highest BCUT2D eigenvalue weighted by Gasteiger charge is 2.24. The Kier molecular flexibility index (Phi) is 15.0. The molecule has 8 heteroatoms. The highest BCUT2D eigenvalue weighted by atomic mass is 19.1. The zero-order valence-corrected chi connectivity index (χ0v) is 20.8. The maximum atomic E-state index is 14.6. The average molecular weight is 513 g/mol. The van der Waals surface area contributed by atoms with E-state index >= 15 is 0 Å². The van der Waals surface area contributed by atoms with Crippen molar-refractivity contribution in [2.75, 3.05) is 6.54 Å². The Morgan fingerprint density at radius 1 is 0.892 bits per heavy atom. The SMILES string of the molecule is C=C.C=C.C=C.Cc1cc(C(=O)NCCC(=O)O)ncc1C(c1ccc(F)cc1)c1cc(F)ccc1F. The molecule has 5 nitrogen and oxygen atoms in total. The van der Waals surface area contributed by atoms with E-state index in [0.717, 1.165) is 18.2 Å². The molecule has 1 unspecified atom stereocenters. The molecule has 0 spiro atoms. The lowest BCUT2D eigenvalue weighted by Crippen LogP contribution is -2.27.